The molecule has 1 N–H and O–H groups in total. The van der Waals surface area contributed by atoms with Gasteiger partial charge in [-0.15, -0.1) is 0 Å². The van der Waals surface area contributed by atoms with Crippen LogP contribution < -0.4 is 14.8 Å². The van der Waals surface area contributed by atoms with Gasteiger partial charge in [0.25, 0.3) is 5.91 Å². The first kappa shape index (κ1) is 18.8. The quantitative estimate of drug-likeness (QED) is 0.687. The molecule has 6 nitrogen and oxygen atoms in total. The van der Waals surface area contributed by atoms with Gasteiger partial charge in [0.1, 0.15) is 5.65 Å². The van der Waals surface area contributed by atoms with Crippen LogP contribution in [0.5, 0.6) is 11.5 Å². The Morgan fingerprint density at radius 2 is 2.00 bits per heavy atom. The summed E-state index contributed by atoms with van der Waals surface area (Å²) in [4.78, 5) is 17.4. The number of fused-ring (bicyclic) bond motifs is 1. The monoisotopic (exact) mass is 367 g/mol. The number of hydrogen-bond donors (Lipinski definition) is 1. The van der Waals surface area contributed by atoms with Crippen molar-refractivity contribution in [3.63, 3.8) is 0 Å². The third-order valence-electron chi connectivity index (χ3n) is 4.60. The SMILES string of the molecule is CCCn1cc(C(=O)N[C@H](C)c2ccc(OC)c(OC)c2)c2cccnc21. The number of carbonyl (C=O) groups excluding carboxylic acids is 1. The minimum atomic E-state index is -0.182. The zero-order valence-corrected chi connectivity index (χ0v) is 16.2. The molecule has 0 saturated heterocycles. The molecule has 0 spiro atoms. The Morgan fingerprint density at radius 1 is 1.22 bits per heavy atom. The summed E-state index contributed by atoms with van der Waals surface area (Å²) in [5.41, 5.74) is 2.42. The van der Waals surface area contributed by atoms with Gasteiger partial charge in [-0.1, -0.05) is 13.0 Å². The number of aryl methyl sites for hydroxylation is 1. The Morgan fingerprint density at radius 3 is 2.70 bits per heavy atom. The molecule has 27 heavy (non-hydrogen) atoms. The van der Waals surface area contributed by atoms with Crippen LogP contribution in [0.3, 0.4) is 0 Å². The highest BCUT2D eigenvalue weighted by molar-refractivity contribution is 6.06. The summed E-state index contributed by atoms with van der Waals surface area (Å²) < 4.78 is 12.7. The molecule has 2 heterocycles. The lowest BCUT2D eigenvalue weighted by Crippen LogP contribution is -2.26. The smallest absolute Gasteiger partial charge is 0.253 e. The first-order valence-electron chi connectivity index (χ1n) is 9.05. The van der Waals surface area contributed by atoms with Crippen molar-refractivity contribution in [2.45, 2.75) is 32.9 Å². The van der Waals surface area contributed by atoms with Crippen LogP contribution in [0.2, 0.25) is 0 Å². The number of aromatic nitrogens is 2. The molecule has 3 aromatic rings. The van der Waals surface area contributed by atoms with E-state index in [1.807, 2.05) is 48.0 Å². The average Bonchev–Trinajstić information content (AvgIpc) is 3.06. The number of hydrogen-bond acceptors (Lipinski definition) is 4. The second kappa shape index (κ2) is 8.12. The van der Waals surface area contributed by atoms with E-state index >= 15 is 0 Å². The van der Waals surface area contributed by atoms with E-state index in [-0.39, 0.29) is 11.9 Å². The first-order chi connectivity index (χ1) is 13.1. The Balaban J connectivity index is 1.86. The van der Waals surface area contributed by atoms with Crippen LogP contribution in [0.25, 0.3) is 11.0 Å². The summed E-state index contributed by atoms with van der Waals surface area (Å²) in [5, 5.41) is 3.94. The lowest BCUT2D eigenvalue weighted by molar-refractivity contribution is 0.0941. The largest absolute Gasteiger partial charge is 0.493 e. The van der Waals surface area contributed by atoms with Gasteiger partial charge in [-0.3, -0.25) is 4.79 Å². The van der Waals surface area contributed by atoms with E-state index in [0.717, 1.165) is 29.6 Å². The number of pyridine rings is 1. The van der Waals surface area contributed by atoms with E-state index in [0.29, 0.717) is 17.1 Å². The standard InChI is InChI=1S/C21H25N3O3/c1-5-11-24-13-17(16-7-6-10-22-20(16)24)21(25)23-14(2)15-8-9-18(26-3)19(12-15)27-4/h6-10,12-14H,5,11H2,1-4H3,(H,23,25)/t14-/m1/s1. The van der Waals surface area contributed by atoms with Crippen LogP contribution in [0.15, 0.2) is 42.7 Å². The van der Waals surface area contributed by atoms with Crippen LogP contribution in [-0.2, 0) is 6.54 Å². The van der Waals surface area contributed by atoms with Gasteiger partial charge in [-0.05, 0) is 43.2 Å². The number of nitrogens with one attached hydrogen (secondary N) is 1. The van der Waals surface area contributed by atoms with Gasteiger partial charge in [-0.25, -0.2) is 4.98 Å². The summed E-state index contributed by atoms with van der Waals surface area (Å²) in [6.07, 6.45) is 4.61. The predicted octanol–water partition coefficient (Wildman–Crippen LogP) is 3.95. The van der Waals surface area contributed by atoms with Gasteiger partial charge in [0.05, 0.1) is 25.8 Å². The van der Waals surface area contributed by atoms with Gasteiger partial charge in [0.15, 0.2) is 11.5 Å². The average molecular weight is 367 g/mol. The summed E-state index contributed by atoms with van der Waals surface area (Å²) in [5.74, 6) is 1.18. The lowest BCUT2D eigenvalue weighted by atomic mass is 10.1. The fourth-order valence-corrected chi connectivity index (χ4v) is 3.19. The van der Waals surface area contributed by atoms with Crippen molar-refractivity contribution in [2.75, 3.05) is 14.2 Å². The van der Waals surface area contributed by atoms with E-state index in [2.05, 4.69) is 17.2 Å². The van der Waals surface area contributed by atoms with E-state index < -0.39 is 0 Å². The van der Waals surface area contributed by atoms with Crippen LogP contribution in [0, 0.1) is 0 Å². The molecule has 0 aliphatic carbocycles. The number of rotatable bonds is 7. The number of methoxy groups -OCH3 is 2. The summed E-state index contributed by atoms with van der Waals surface area (Å²) in [6, 6.07) is 9.25. The van der Waals surface area contributed by atoms with Crippen molar-refractivity contribution in [1.29, 1.82) is 0 Å². The predicted molar refractivity (Wildman–Crippen MR) is 105 cm³/mol. The topological polar surface area (TPSA) is 65.4 Å². The zero-order chi connectivity index (χ0) is 19.4. The number of nitrogens with zero attached hydrogens (tertiary/aromatic N) is 2. The molecule has 1 amide bonds. The third kappa shape index (κ3) is 3.74. The highest BCUT2D eigenvalue weighted by Gasteiger charge is 2.18. The van der Waals surface area contributed by atoms with Gasteiger partial charge >= 0.3 is 0 Å². The molecule has 3 rings (SSSR count). The highest BCUT2D eigenvalue weighted by atomic mass is 16.5. The van der Waals surface area contributed by atoms with E-state index in [9.17, 15) is 4.79 Å². The normalized spacial score (nSPS) is 12.0. The maximum Gasteiger partial charge on any atom is 0.253 e. The van der Waals surface area contributed by atoms with Gasteiger partial charge < -0.3 is 19.4 Å². The third-order valence-corrected chi connectivity index (χ3v) is 4.60. The molecule has 2 aromatic heterocycles. The molecule has 0 aliphatic rings. The summed E-state index contributed by atoms with van der Waals surface area (Å²) in [7, 11) is 3.20. The zero-order valence-electron chi connectivity index (χ0n) is 16.2. The number of benzene rings is 1. The second-order valence-corrected chi connectivity index (χ2v) is 6.42. The van der Waals surface area contributed by atoms with Gasteiger partial charge in [0.2, 0.25) is 0 Å². The minimum absolute atomic E-state index is 0.120. The highest BCUT2D eigenvalue weighted by Crippen LogP contribution is 2.30. The maximum atomic E-state index is 12.9. The molecule has 0 saturated carbocycles. The molecule has 0 radical (unpaired) electrons. The molecular formula is C21H25N3O3. The summed E-state index contributed by atoms with van der Waals surface area (Å²) in [6.45, 7) is 4.88. The van der Waals surface area contributed by atoms with Crippen LogP contribution in [0.1, 0.15) is 42.2 Å². The van der Waals surface area contributed by atoms with Crippen LogP contribution in [-0.4, -0.2) is 29.7 Å². The van der Waals surface area contributed by atoms with Crippen molar-refractivity contribution >= 4 is 16.9 Å². The van der Waals surface area contributed by atoms with Crippen molar-refractivity contribution in [1.82, 2.24) is 14.9 Å². The van der Waals surface area contributed by atoms with E-state index in [1.165, 1.54) is 0 Å². The van der Waals surface area contributed by atoms with Crippen molar-refractivity contribution in [3.05, 3.63) is 53.9 Å². The second-order valence-electron chi connectivity index (χ2n) is 6.42. The molecule has 1 atom stereocenters. The Kier molecular flexibility index (Phi) is 5.64. The van der Waals surface area contributed by atoms with E-state index in [1.54, 1.807) is 20.4 Å². The molecule has 0 unspecified atom stereocenters. The Hall–Kier alpha value is -3.02. The lowest BCUT2D eigenvalue weighted by Gasteiger charge is -2.16. The molecule has 1 aromatic carbocycles. The maximum absolute atomic E-state index is 12.9. The number of amides is 1. The fourth-order valence-electron chi connectivity index (χ4n) is 3.19. The van der Waals surface area contributed by atoms with Crippen molar-refractivity contribution in [2.24, 2.45) is 0 Å². The van der Waals surface area contributed by atoms with E-state index in [4.69, 9.17) is 9.47 Å². The molecule has 0 aliphatic heterocycles. The van der Waals surface area contributed by atoms with Crippen LogP contribution >= 0.6 is 0 Å². The molecular weight excluding hydrogens is 342 g/mol. The van der Waals surface area contributed by atoms with Crippen molar-refractivity contribution < 1.29 is 14.3 Å². The van der Waals surface area contributed by atoms with Gasteiger partial charge in [-0.2, -0.15) is 0 Å². The number of carbonyl (C=O) groups is 1. The molecule has 6 heteroatoms. The first-order valence-corrected chi connectivity index (χ1v) is 9.05. The van der Waals surface area contributed by atoms with Crippen molar-refractivity contribution in [3.8, 4) is 11.5 Å². The summed E-state index contributed by atoms with van der Waals surface area (Å²) >= 11 is 0. The van der Waals surface area contributed by atoms with Crippen LogP contribution in [0.4, 0.5) is 0 Å². The molecule has 0 bridgehead atoms. The molecule has 142 valence electrons. The molecule has 0 fully saturated rings. The number of ether oxygens (including phenoxy) is 2. The fraction of sp³-hybridized carbons (Fsp3) is 0.333. The Bertz CT molecular complexity index is 949. The Labute approximate surface area is 159 Å². The minimum Gasteiger partial charge on any atom is -0.493 e. The van der Waals surface area contributed by atoms with Gasteiger partial charge in [0, 0.05) is 24.3 Å².